The van der Waals surface area contributed by atoms with Crippen molar-refractivity contribution in [3.05, 3.63) is 61.4 Å². The first-order valence-electron chi connectivity index (χ1n) is 8.16. The van der Waals surface area contributed by atoms with Crippen molar-refractivity contribution in [3.8, 4) is 0 Å². The van der Waals surface area contributed by atoms with Gasteiger partial charge in [-0.15, -0.1) is 0 Å². The molecule has 0 radical (unpaired) electrons. The number of amides is 1. The predicted octanol–water partition coefficient (Wildman–Crippen LogP) is 0.527. The van der Waals surface area contributed by atoms with Gasteiger partial charge in [0.25, 0.3) is 5.69 Å². The molecule has 0 aliphatic carbocycles. The van der Waals surface area contributed by atoms with Crippen LogP contribution in [0.15, 0.2) is 24.3 Å². The number of carbonyl (C=O) groups excluding carboxylic acids is 1. The van der Waals surface area contributed by atoms with E-state index >= 15 is 0 Å². The number of hydrogen-bond donors (Lipinski definition) is 3. The first kappa shape index (κ1) is 20.9. The molecule has 150 valence electrons. The third-order valence-electron chi connectivity index (χ3n) is 4.19. The summed E-state index contributed by atoms with van der Waals surface area (Å²) in [4.78, 5) is 32.8. The molecule has 2 rings (SSSR count). The maximum atomic E-state index is 12.3. The van der Waals surface area contributed by atoms with Gasteiger partial charge in [0.05, 0.1) is 22.5 Å². The summed E-state index contributed by atoms with van der Waals surface area (Å²) < 4.78 is 1.16. The highest BCUT2D eigenvalue weighted by Crippen LogP contribution is 2.22. The van der Waals surface area contributed by atoms with Crippen molar-refractivity contribution in [2.45, 2.75) is 32.5 Å². The minimum atomic E-state index is -1.32. The van der Waals surface area contributed by atoms with Gasteiger partial charge in [-0.1, -0.05) is 0 Å². The number of carbonyl (C=O) groups is 1. The highest BCUT2D eigenvalue weighted by Gasteiger charge is 2.26. The van der Waals surface area contributed by atoms with Crippen molar-refractivity contribution in [1.82, 2.24) is 15.1 Å². The third-order valence-corrected chi connectivity index (χ3v) is 4.19. The van der Waals surface area contributed by atoms with Gasteiger partial charge in [0.2, 0.25) is 5.91 Å². The lowest BCUT2D eigenvalue weighted by Crippen LogP contribution is -2.43. The van der Waals surface area contributed by atoms with E-state index in [0.717, 1.165) is 4.68 Å². The Morgan fingerprint density at radius 1 is 1.21 bits per heavy atom. The number of rotatable bonds is 8. The second-order valence-corrected chi connectivity index (χ2v) is 6.08. The molecule has 0 fully saturated rings. The van der Waals surface area contributed by atoms with Gasteiger partial charge in [-0.3, -0.25) is 29.7 Å². The highest BCUT2D eigenvalue weighted by molar-refractivity contribution is 5.76. The molecule has 1 aromatic carbocycles. The minimum Gasteiger partial charge on any atom is -0.394 e. The Hall–Kier alpha value is -3.38. The summed E-state index contributed by atoms with van der Waals surface area (Å²) in [6.07, 6.45) is -1.32. The van der Waals surface area contributed by atoms with Crippen molar-refractivity contribution in [2.75, 3.05) is 6.61 Å². The van der Waals surface area contributed by atoms with Crippen LogP contribution in [0.5, 0.6) is 0 Å². The van der Waals surface area contributed by atoms with E-state index in [1.165, 1.54) is 38.1 Å². The number of nitro benzene ring substituents is 1. The fourth-order valence-electron chi connectivity index (χ4n) is 2.74. The van der Waals surface area contributed by atoms with Gasteiger partial charge < -0.3 is 15.5 Å². The van der Waals surface area contributed by atoms with Crippen LogP contribution in [0.25, 0.3) is 0 Å². The fourth-order valence-corrected chi connectivity index (χ4v) is 2.74. The average molecular weight is 393 g/mol. The van der Waals surface area contributed by atoms with Crippen LogP contribution in [0.2, 0.25) is 0 Å². The zero-order valence-electron chi connectivity index (χ0n) is 15.1. The number of nitrogens with one attached hydrogen (secondary N) is 1. The SMILES string of the molecule is Cc1nn(CC(=O)NC(CO)C(O)c2ccc([N+](=O)[O-])cc2)c(C)c1[N+](=O)[O-]. The molecule has 0 spiro atoms. The summed E-state index contributed by atoms with van der Waals surface area (Å²) in [7, 11) is 0. The molecular formula is C16H19N5O7. The largest absolute Gasteiger partial charge is 0.394 e. The summed E-state index contributed by atoms with van der Waals surface area (Å²) in [5, 5.41) is 47.9. The van der Waals surface area contributed by atoms with Crippen molar-refractivity contribution in [1.29, 1.82) is 0 Å². The zero-order valence-corrected chi connectivity index (χ0v) is 15.1. The summed E-state index contributed by atoms with van der Waals surface area (Å²) in [5.41, 5.74) is 0.296. The first-order chi connectivity index (χ1) is 13.1. The third kappa shape index (κ3) is 4.47. The van der Waals surface area contributed by atoms with Gasteiger partial charge in [0.1, 0.15) is 24.0 Å². The van der Waals surface area contributed by atoms with Crippen LogP contribution in [0.3, 0.4) is 0 Å². The van der Waals surface area contributed by atoms with E-state index in [2.05, 4.69) is 10.4 Å². The van der Waals surface area contributed by atoms with E-state index in [4.69, 9.17) is 0 Å². The lowest BCUT2D eigenvalue weighted by molar-refractivity contribution is -0.386. The van der Waals surface area contributed by atoms with Crippen LogP contribution < -0.4 is 5.32 Å². The lowest BCUT2D eigenvalue weighted by atomic mass is 10.0. The normalized spacial score (nSPS) is 13.0. The molecule has 1 heterocycles. The Morgan fingerprint density at radius 3 is 2.29 bits per heavy atom. The molecular weight excluding hydrogens is 374 g/mol. The maximum Gasteiger partial charge on any atom is 0.312 e. The van der Waals surface area contributed by atoms with Crippen LogP contribution in [0.1, 0.15) is 23.1 Å². The van der Waals surface area contributed by atoms with E-state index in [1.54, 1.807) is 0 Å². The molecule has 0 bridgehead atoms. The molecule has 0 saturated heterocycles. The molecule has 0 aliphatic heterocycles. The Kier molecular flexibility index (Phi) is 6.38. The van der Waals surface area contributed by atoms with E-state index in [0.29, 0.717) is 0 Å². The van der Waals surface area contributed by atoms with Crippen LogP contribution >= 0.6 is 0 Å². The maximum absolute atomic E-state index is 12.3. The number of nitrogens with zero attached hydrogens (tertiary/aromatic N) is 4. The number of aromatic nitrogens is 2. The first-order valence-corrected chi connectivity index (χ1v) is 8.16. The number of non-ortho nitro benzene ring substituents is 1. The summed E-state index contributed by atoms with van der Waals surface area (Å²) in [5.74, 6) is -0.625. The van der Waals surface area contributed by atoms with Crippen molar-refractivity contribution >= 4 is 17.3 Å². The summed E-state index contributed by atoms with van der Waals surface area (Å²) in [6.45, 7) is 1.97. The molecule has 1 amide bonds. The quantitative estimate of drug-likeness (QED) is 0.430. The van der Waals surface area contributed by atoms with Crippen LogP contribution in [-0.2, 0) is 11.3 Å². The molecule has 2 atom stereocenters. The summed E-state index contributed by atoms with van der Waals surface area (Å²) in [6, 6.07) is 3.96. The molecule has 1 aromatic heterocycles. The van der Waals surface area contributed by atoms with E-state index in [9.17, 15) is 35.2 Å². The number of aryl methyl sites for hydroxylation is 1. The van der Waals surface area contributed by atoms with Gasteiger partial charge >= 0.3 is 5.69 Å². The van der Waals surface area contributed by atoms with Gasteiger partial charge in [0, 0.05) is 12.1 Å². The molecule has 12 heteroatoms. The second kappa shape index (κ2) is 8.54. The van der Waals surface area contributed by atoms with E-state index in [-0.39, 0.29) is 34.9 Å². The standard InChI is InChI=1S/C16H19N5O7/c1-9-15(21(27)28)10(2)19(18-9)7-14(23)17-13(8-22)16(24)11-3-5-12(6-4-11)20(25)26/h3-6,13,16,22,24H,7-8H2,1-2H3,(H,17,23). The number of aliphatic hydroxyl groups is 2. The number of hydrogen-bond acceptors (Lipinski definition) is 8. The monoisotopic (exact) mass is 393 g/mol. The highest BCUT2D eigenvalue weighted by atomic mass is 16.6. The molecule has 12 nitrogen and oxygen atoms in total. The van der Waals surface area contributed by atoms with Crippen LogP contribution in [0, 0.1) is 34.1 Å². The van der Waals surface area contributed by atoms with Gasteiger partial charge in [-0.05, 0) is 31.5 Å². The van der Waals surface area contributed by atoms with Gasteiger partial charge in [-0.25, -0.2) is 0 Å². The number of aliphatic hydroxyl groups excluding tert-OH is 2. The molecule has 0 saturated carbocycles. The molecule has 2 aromatic rings. The fraction of sp³-hybridized carbons (Fsp3) is 0.375. The smallest absolute Gasteiger partial charge is 0.312 e. The van der Waals surface area contributed by atoms with Crippen LogP contribution in [-0.4, -0.2) is 48.4 Å². The van der Waals surface area contributed by atoms with Gasteiger partial charge in [0.15, 0.2) is 0 Å². The number of nitro groups is 2. The zero-order chi connectivity index (χ0) is 21.0. The average Bonchev–Trinajstić information content (AvgIpc) is 2.92. The molecule has 3 N–H and O–H groups in total. The van der Waals surface area contributed by atoms with Crippen molar-refractivity contribution < 1.29 is 24.9 Å². The molecule has 0 aliphatic rings. The van der Waals surface area contributed by atoms with Crippen molar-refractivity contribution in [3.63, 3.8) is 0 Å². The summed E-state index contributed by atoms with van der Waals surface area (Å²) >= 11 is 0. The van der Waals surface area contributed by atoms with E-state index in [1.807, 2.05) is 0 Å². The molecule has 28 heavy (non-hydrogen) atoms. The topological polar surface area (TPSA) is 174 Å². The Labute approximate surface area is 158 Å². The van der Waals surface area contributed by atoms with E-state index < -0.39 is 34.5 Å². The minimum absolute atomic E-state index is 0.161. The second-order valence-electron chi connectivity index (χ2n) is 6.08. The number of benzene rings is 1. The van der Waals surface area contributed by atoms with Crippen molar-refractivity contribution in [2.24, 2.45) is 0 Å². The Balaban J connectivity index is 2.09. The van der Waals surface area contributed by atoms with Gasteiger partial charge in [-0.2, -0.15) is 5.10 Å². The Morgan fingerprint density at radius 2 is 1.82 bits per heavy atom. The Bertz CT molecular complexity index is 894. The lowest BCUT2D eigenvalue weighted by Gasteiger charge is -2.22. The van der Waals surface area contributed by atoms with Crippen LogP contribution in [0.4, 0.5) is 11.4 Å². The molecule has 2 unspecified atom stereocenters. The predicted molar refractivity (Wildman–Crippen MR) is 95.4 cm³/mol.